The number of ketones is 1. The Hall–Kier alpha value is -0.670. The molecule has 0 aliphatic heterocycles. The summed E-state index contributed by atoms with van der Waals surface area (Å²) in [6.45, 7) is 8.55. The largest absolute Gasteiger partial charge is 0.392 e. The van der Waals surface area contributed by atoms with Gasteiger partial charge in [0.15, 0.2) is 0 Å². The van der Waals surface area contributed by atoms with Crippen LogP contribution in [0.25, 0.3) is 0 Å². The molecule has 0 bridgehead atoms. The summed E-state index contributed by atoms with van der Waals surface area (Å²) in [4.78, 5) is 13.0. The minimum atomic E-state index is -0.649. The van der Waals surface area contributed by atoms with Gasteiger partial charge in [0.25, 0.3) is 0 Å². The van der Waals surface area contributed by atoms with Gasteiger partial charge < -0.3 is 10.2 Å². The highest BCUT2D eigenvalue weighted by molar-refractivity contribution is 5.83. The number of aliphatic hydroxyl groups is 2. The fourth-order valence-electron chi connectivity index (χ4n) is 7.58. The predicted octanol–water partition coefficient (Wildman–Crippen LogP) is 3.73. The summed E-state index contributed by atoms with van der Waals surface area (Å²) >= 11 is 0. The second-order valence-electron chi connectivity index (χ2n) is 10.1. The number of fused-ring (bicyclic) bond motifs is 5. The van der Waals surface area contributed by atoms with E-state index < -0.39 is 5.60 Å². The lowest BCUT2D eigenvalue weighted by molar-refractivity contribution is -0.148. The Morgan fingerprint density at radius 3 is 2.56 bits per heavy atom. The van der Waals surface area contributed by atoms with Crippen molar-refractivity contribution in [2.45, 2.75) is 70.8 Å². The Labute approximate surface area is 151 Å². The van der Waals surface area contributed by atoms with Gasteiger partial charge in [-0.25, -0.2) is 0 Å². The van der Waals surface area contributed by atoms with Crippen molar-refractivity contribution >= 4 is 5.78 Å². The minimum absolute atomic E-state index is 0.0963. The summed E-state index contributed by atoms with van der Waals surface area (Å²) in [5, 5.41) is 20.1. The molecule has 8 atom stereocenters. The van der Waals surface area contributed by atoms with Gasteiger partial charge in [0.1, 0.15) is 5.78 Å². The average Bonchev–Trinajstić information content (AvgIpc) is 2.91. The Morgan fingerprint density at radius 2 is 1.84 bits per heavy atom. The van der Waals surface area contributed by atoms with Crippen LogP contribution in [0.1, 0.15) is 65.2 Å². The molecule has 0 aromatic rings. The molecule has 2 N–H and O–H groups in total. The van der Waals surface area contributed by atoms with E-state index in [1.54, 1.807) is 0 Å². The van der Waals surface area contributed by atoms with Crippen LogP contribution in [0.15, 0.2) is 12.2 Å². The number of hydrogen-bond donors (Lipinski definition) is 2. The van der Waals surface area contributed by atoms with Gasteiger partial charge in [-0.15, -0.1) is 0 Å². The molecule has 4 fully saturated rings. The van der Waals surface area contributed by atoms with Crippen molar-refractivity contribution in [3.8, 4) is 0 Å². The number of carbonyl (C=O) groups excluding carboxylic acids is 1. The van der Waals surface area contributed by atoms with Gasteiger partial charge in [-0.05, 0) is 92.4 Å². The zero-order valence-electron chi connectivity index (χ0n) is 15.8. The highest BCUT2D eigenvalue weighted by Gasteiger charge is 2.59. The number of hydrogen-bond acceptors (Lipinski definition) is 3. The van der Waals surface area contributed by atoms with Crippen molar-refractivity contribution in [3.05, 3.63) is 12.2 Å². The fraction of sp³-hybridized carbons (Fsp3) is 0.864. The van der Waals surface area contributed by atoms with Gasteiger partial charge in [-0.2, -0.15) is 0 Å². The summed E-state index contributed by atoms with van der Waals surface area (Å²) in [6.07, 6.45) is 7.98. The second-order valence-corrected chi connectivity index (χ2v) is 10.1. The molecule has 0 unspecified atom stereocenters. The van der Waals surface area contributed by atoms with Gasteiger partial charge in [0.05, 0.1) is 12.2 Å². The monoisotopic (exact) mass is 346 g/mol. The third kappa shape index (κ3) is 2.65. The molecule has 0 amide bonds. The van der Waals surface area contributed by atoms with Gasteiger partial charge in [-0.1, -0.05) is 13.5 Å². The van der Waals surface area contributed by atoms with Crippen LogP contribution in [0.4, 0.5) is 0 Å². The molecule has 4 aliphatic rings. The van der Waals surface area contributed by atoms with Crippen molar-refractivity contribution in [1.82, 2.24) is 0 Å². The van der Waals surface area contributed by atoms with E-state index >= 15 is 0 Å². The molecular weight excluding hydrogens is 312 g/mol. The molecule has 0 saturated heterocycles. The Kier molecular flexibility index (Phi) is 4.20. The number of aliphatic hydroxyl groups excluding tert-OH is 1. The van der Waals surface area contributed by atoms with E-state index in [1.807, 2.05) is 6.92 Å². The summed E-state index contributed by atoms with van der Waals surface area (Å²) in [5.41, 5.74) is 0.565. The van der Waals surface area contributed by atoms with E-state index in [0.29, 0.717) is 41.8 Å². The van der Waals surface area contributed by atoms with E-state index in [1.165, 1.54) is 19.3 Å². The van der Waals surface area contributed by atoms with Crippen LogP contribution in [0.2, 0.25) is 0 Å². The molecule has 4 rings (SSSR count). The molecule has 0 radical (unpaired) electrons. The van der Waals surface area contributed by atoms with Crippen LogP contribution < -0.4 is 0 Å². The van der Waals surface area contributed by atoms with Crippen molar-refractivity contribution in [1.29, 1.82) is 0 Å². The first-order valence-electron chi connectivity index (χ1n) is 10.3. The minimum Gasteiger partial charge on any atom is -0.392 e. The summed E-state index contributed by atoms with van der Waals surface area (Å²) in [7, 11) is 0. The molecule has 3 heteroatoms. The Balaban J connectivity index is 1.59. The van der Waals surface area contributed by atoms with Gasteiger partial charge in [0, 0.05) is 12.3 Å². The van der Waals surface area contributed by atoms with E-state index in [4.69, 9.17) is 0 Å². The van der Waals surface area contributed by atoms with E-state index in [-0.39, 0.29) is 17.9 Å². The summed E-state index contributed by atoms with van der Waals surface area (Å²) in [5.74, 6) is 3.22. The molecule has 3 nitrogen and oxygen atoms in total. The van der Waals surface area contributed by atoms with E-state index in [2.05, 4.69) is 13.5 Å². The maximum Gasteiger partial charge on any atom is 0.136 e. The van der Waals surface area contributed by atoms with Crippen LogP contribution in [0.5, 0.6) is 0 Å². The Morgan fingerprint density at radius 1 is 1.12 bits per heavy atom. The summed E-state index contributed by atoms with van der Waals surface area (Å²) in [6, 6.07) is 0. The topological polar surface area (TPSA) is 57.5 Å². The molecule has 0 aromatic heterocycles. The lowest BCUT2D eigenvalue weighted by Crippen LogP contribution is -2.53. The fourth-order valence-corrected chi connectivity index (χ4v) is 7.58. The molecule has 4 saturated carbocycles. The molecule has 0 aromatic carbocycles. The lowest BCUT2D eigenvalue weighted by Gasteiger charge is -2.56. The summed E-state index contributed by atoms with van der Waals surface area (Å²) < 4.78 is 0. The molecular formula is C22H34O3. The first-order chi connectivity index (χ1) is 11.8. The normalized spacial score (nSPS) is 52.2. The third-order valence-electron chi connectivity index (χ3n) is 8.78. The van der Waals surface area contributed by atoms with Crippen molar-refractivity contribution in [2.24, 2.45) is 40.9 Å². The van der Waals surface area contributed by atoms with Gasteiger partial charge >= 0.3 is 0 Å². The van der Waals surface area contributed by atoms with Crippen molar-refractivity contribution in [2.75, 3.05) is 6.61 Å². The predicted molar refractivity (Wildman–Crippen MR) is 97.8 cm³/mol. The maximum absolute atomic E-state index is 13.0. The van der Waals surface area contributed by atoms with Crippen LogP contribution in [-0.2, 0) is 4.79 Å². The van der Waals surface area contributed by atoms with E-state index in [9.17, 15) is 15.0 Å². The first kappa shape index (κ1) is 17.7. The molecule has 25 heavy (non-hydrogen) atoms. The smallest absolute Gasteiger partial charge is 0.136 e. The maximum atomic E-state index is 13.0. The number of Topliss-reactive ketones (excluding diaryl/α,β-unsaturated/α-hetero) is 1. The second kappa shape index (κ2) is 5.92. The quantitative estimate of drug-likeness (QED) is 0.749. The number of carbonyl (C=O) groups is 1. The average molecular weight is 347 g/mol. The number of rotatable bonds is 2. The van der Waals surface area contributed by atoms with Crippen LogP contribution in [0, 0.1) is 40.9 Å². The standard InChI is InChI=1S/C22H34O3/c1-13(12-23)18-4-5-19-16-10-20(24)17-11-21(2,25)8-6-15(17)14(16)7-9-22(18,19)3/h14-19,23,25H,1,4-12H2,2-3H3/t14-,15-,16-,17+,18-,19+,21+,22-/m1/s1. The SMILES string of the molecule is C=C(CO)[C@H]1CC[C@H]2[C@@H]3CC(=O)[C@H]4C[C@@](C)(O)CC[C@@H]4[C@H]3CC[C@]12C. The highest BCUT2D eigenvalue weighted by Crippen LogP contribution is 2.65. The van der Waals surface area contributed by atoms with Gasteiger partial charge in [-0.3, -0.25) is 4.79 Å². The zero-order chi connectivity index (χ0) is 18.0. The zero-order valence-corrected chi connectivity index (χ0v) is 15.8. The van der Waals surface area contributed by atoms with Crippen molar-refractivity contribution in [3.63, 3.8) is 0 Å². The van der Waals surface area contributed by atoms with Gasteiger partial charge in [0.2, 0.25) is 0 Å². The van der Waals surface area contributed by atoms with Crippen LogP contribution >= 0.6 is 0 Å². The molecule has 0 heterocycles. The Bertz CT molecular complexity index is 580. The molecule has 4 aliphatic carbocycles. The lowest BCUT2D eigenvalue weighted by atomic mass is 9.48. The first-order valence-corrected chi connectivity index (χ1v) is 10.3. The molecule has 140 valence electrons. The van der Waals surface area contributed by atoms with E-state index in [0.717, 1.165) is 31.3 Å². The molecule has 0 spiro atoms. The van der Waals surface area contributed by atoms with Crippen molar-refractivity contribution < 1.29 is 15.0 Å². The highest BCUT2D eigenvalue weighted by atomic mass is 16.3. The van der Waals surface area contributed by atoms with Crippen LogP contribution in [0.3, 0.4) is 0 Å². The third-order valence-corrected chi connectivity index (χ3v) is 8.78. The van der Waals surface area contributed by atoms with Crippen LogP contribution in [-0.4, -0.2) is 28.2 Å².